The SMILES string of the molecule is CC(S)N1CCOCC1.[Ag]. The first kappa shape index (κ1) is 11.0. The molecule has 1 fully saturated rings. The van der Waals surface area contributed by atoms with E-state index in [1.165, 1.54) is 0 Å². The predicted molar refractivity (Wildman–Crippen MR) is 40.8 cm³/mol. The summed E-state index contributed by atoms with van der Waals surface area (Å²) in [6.07, 6.45) is 0. The smallest absolute Gasteiger partial charge is 0.0594 e. The molecule has 1 atom stereocenters. The van der Waals surface area contributed by atoms with Gasteiger partial charge in [0.05, 0.1) is 18.6 Å². The number of hydrogen-bond acceptors (Lipinski definition) is 3. The second-order valence-corrected chi connectivity index (χ2v) is 3.03. The molecule has 10 heavy (non-hydrogen) atoms. The quantitative estimate of drug-likeness (QED) is 0.544. The van der Waals surface area contributed by atoms with Crippen LogP contribution in [0.5, 0.6) is 0 Å². The van der Waals surface area contributed by atoms with Crippen molar-refractivity contribution >= 4 is 12.6 Å². The molecule has 1 aliphatic heterocycles. The van der Waals surface area contributed by atoms with Crippen molar-refractivity contribution in [3.05, 3.63) is 0 Å². The third-order valence-electron chi connectivity index (χ3n) is 1.57. The van der Waals surface area contributed by atoms with Gasteiger partial charge in [-0.3, -0.25) is 4.90 Å². The summed E-state index contributed by atoms with van der Waals surface area (Å²) in [5, 5.41) is 0.383. The van der Waals surface area contributed by atoms with E-state index in [4.69, 9.17) is 4.74 Å². The van der Waals surface area contributed by atoms with Gasteiger partial charge in [0.15, 0.2) is 0 Å². The first-order valence-electron chi connectivity index (χ1n) is 3.30. The second kappa shape index (κ2) is 5.63. The fraction of sp³-hybridized carbons (Fsp3) is 1.00. The van der Waals surface area contributed by atoms with E-state index >= 15 is 0 Å². The number of hydrogen-bond donors (Lipinski definition) is 1. The molecule has 0 aromatic rings. The average molecular weight is 255 g/mol. The molecule has 1 radical (unpaired) electrons. The zero-order valence-electron chi connectivity index (χ0n) is 6.01. The van der Waals surface area contributed by atoms with Crippen molar-refractivity contribution in [1.29, 1.82) is 0 Å². The molecular formula is C6H13AgNOS. The van der Waals surface area contributed by atoms with Crippen LogP contribution in [0.1, 0.15) is 6.92 Å². The standard InChI is InChI=1S/C6H13NOS.Ag/c1-6(9)7-2-4-8-5-3-7;/h6,9H,2-5H2,1H3;. The van der Waals surface area contributed by atoms with Gasteiger partial charge in [-0.1, -0.05) is 0 Å². The molecule has 1 saturated heterocycles. The molecule has 1 rings (SSSR count). The maximum Gasteiger partial charge on any atom is 0.0594 e. The molecule has 65 valence electrons. The van der Waals surface area contributed by atoms with Crippen LogP contribution in [0.2, 0.25) is 0 Å². The summed E-state index contributed by atoms with van der Waals surface area (Å²) in [6, 6.07) is 0. The van der Waals surface area contributed by atoms with Crippen LogP contribution in [0.15, 0.2) is 0 Å². The normalized spacial score (nSPS) is 23.4. The van der Waals surface area contributed by atoms with Gasteiger partial charge in [-0.15, -0.1) is 0 Å². The van der Waals surface area contributed by atoms with Crippen molar-refractivity contribution in [2.24, 2.45) is 0 Å². The Bertz CT molecular complexity index is 85.8. The fourth-order valence-corrected chi connectivity index (χ4v) is 1.18. The molecule has 0 saturated carbocycles. The molecule has 0 amide bonds. The zero-order chi connectivity index (χ0) is 6.69. The molecule has 0 aromatic carbocycles. The third kappa shape index (κ3) is 3.42. The second-order valence-electron chi connectivity index (χ2n) is 2.28. The number of ether oxygens (including phenoxy) is 1. The Morgan fingerprint density at radius 2 is 1.90 bits per heavy atom. The summed E-state index contributed by atoms with van der Waals surface area (Å²) in [5.74, 6) is 0. The molecule has 0 aliphatic carbocycles. The molecule has 0 bridgehead atoms. The zero-order valence-corrected chi connectivity index (χ0v) is 8.39. The van der Waals surface area contributed by atoms with Gasteiger partial charge in [-0.05, 0) is 6.92 Å². The van der Waals surface area contributed by atoms with E-state index in [9.17, 15) is 0 Å². The van der Waals surface area contributed by atoms with Crippen LogP contribution in [-0.4, -0.2) is 36.6 Å². The van der Waals surface area contributed by atoms with Gasteiger partial charge < -0.3 is 4.74 Å². The van der Waals surface area contributed by atoms with Crippen molar-refractivity contribution in [2.45, 2.75) is 12.3 Å². The predicted octanol–water partition coefficient (Wildman–Crippen LogP) is 0.592. The molecule has 0 spiro atoms. The van der Waals surface area contributed by atoms with Crippen LogP contribution in [0.3, 0.4) is 0 Å². The molecular weight excluding hydrogens is 242 g/mol. The van der Waals surface area contributed by atoms with Gasteiger partial charge in [0.1, 0.15) is 0 Å². The van der Waals surface area contributed by atoms with Gasteiger partial charge in [-0.2, -0.15) is 12.6 Å². The molecule has 1 heterocycles. The summed E-state index contributed by atoms with van der Waals surface area (Å²) in [6.45, 7) is 5.89. The van der Waals surface area contributed by atoms with E-state index in [0.29, 0.717) is 5.37 Å². The molecule has 1 unspecified atom stereocenters. The number of thiol groups is 1. The summed E-state index contributed by atoms with van der Waals surface area (Å²) >= 11 is 4.31. The monoisotopic (exact) mass is 254 g/mol. The van der Waals surface area contributed by atoms with Gasteiger partial charge in [-0.25, -0.2) is 0 Å². The third-order valence-corrected chi connectivity index (χ3v) is 1.90. The van der Waals surface area contributed by atoms with E-state index < -0.39 is 0 Å². The van der Waals surface area contributed by atoms with Gasteiger partial charge in [0.2, 0.25) is 0 Å². The van der Waals surface area contributed by atoms with E-state index in [1.54, 1.807) is 0 Å². The summed E-state index contributed by atoms with van der Waals surface area (Å²) < 4.78 is 5.17. The maximum absolute atomic E-state index is 5.17. The first-order valence-corrected chi connectivity index (χ1v) is 3.82. The average Bonchev–Trinajstić information content (AvgIpc) is 1.90. The minimum atomic E-state index is 0. The van der Waals surface area contributed by atoms with Crippen LogP contribution >= 0.6 is 12.6 Å². The number of morpholine rings is 1. The van der Waals surface area contributed by atoms with Crippen molar-refractivity contribution in [3.8, 4) is 0 Å². The van der Waals surface area contributed by atoms with E-state index in [0.717, 1.165) is 26.3 Å². The van der Waals surface area contributed by atoms with Crippen molar-refractivity contribution in [2.75, 3.05) is 26.3 Å². The van der Waals surface area contributed by atoms with Crippen molar-refractivity contribution < 1.29 is 27.1 Å². The fourth-order valence-electron chi connectivity index (χ4n) is 0.951. The largest absolute Gasteiger partial charge is 0.379 e. The van der Waals surface area contributed by atoms with Gasteiger partial charge in [0.25, 0.3) is 0 Å². The topological polar surface area (TPSA) is 12.5 Å². The Hall–Kier alpha value is 1.01. The summed E-state index contributed by atoms with van der Waals surface area (Å²) in [7, 11) is 0. The van der Waals surface area contributed by atoms with E-state index in [2.05, 4.69) is 24.5 Å². The Morgan fingerprint density at radius 1 is 1.40 bits per heavy atom. The molecule has 0 N–H and O–H groups in total. The Kier molecular flexibility index (Phi) is 6.20. The van der Waals surface area contributed by atoms with Crippen LogP contribution in [0.4, 0.5) is 0 Å². The summed E-state index contributed by atoms with van der Waals surface area (Å²) in [4.78, 5) is 2.30. The van der Waals surface area contributed by atoms with Crippen LogP contribution < -0.4 is 0 Å². The number of rotatable bonds is 1. The molecule has 0 aromatic heterocycles. The molecule has 2 nitrogen and oxygen atoms in total. The Balaban J connectivity index is 0.000000810. The van der Waals surface area contributed by atoms with Crippen molar-refractivity contribution in [1.82, 2.24) is 4.90 Å². The molecule has 1 aliphatic rings. The molecule has 4 heteroatoms. The van der Waals surface area contributed by atoms with Crippen LogP contribution in [0.25, 0.3) is 0 Å². The first-order chi connectivity index (χ1) is 4.30. The van der Waals surface area contributed by atoms with Crippen LogP contribution in [0, 0.1) is 0 Å². The van der Waals surface area contributed by atoms with Crippen LogP contribution in [-0.2, 0) is 27.1 Å². The van der Waals surface area contributed by atoms with Gasteiger partial charge >= 0.3 is 0 Å². The van der Waals surface area contributed by atoms with Crippen molar-refractivity contribution in [3.63, 3.8) is 0 Å². The summed E-state index contributed by atoms with van der Waals surface area (Å²) in [5.41, 5.74) is 0. The minimum absolute atomic E-state index is 0. The minimum Gasteiger partial charge on any atom is -0.379 e. The van der Waals surface area contributed by atoms with Gasteiger partial charge in [0, 0.05) is 35.5 Å². The number of nitrogens with zero attached hydrogens (tertiary/aromatic N) is 1. The van der Waals surface area contributed by atoms with E-state index in [-0.39, 0.29) is 22.4 Å². The Morgan fingerprint density at radius 3 is 2.20 bits per heavy atom. The van der Waals surface area contributed by atoms with E-state index in [1.807, 2.05) is 0 Å². The maximum atomic E-state index is 5.17. The Labute approximate surface area is 83.2 Å².